The van der Waals surface area contributed by atoms with E-state index in [4.69, 9.17) is 4.42 Å². The van der Waals surface area contributed by atoms with Crippen LogP contribution in [-0.4, -0.2) is 50.1 Å². The molecule has 2 fully saturated rings. The van der Waals surface area contributed by atoms with E-state index < -0.39 is 6.04 Å². The maximum Gasteiger partial charge on any atom is 0.316 e. The number of hydrogen-bond acceptors (Lipinski definition) is 6. The zero-order chi connectivity index (χ0) is 18.4. The average molecular weight is 366 g/mol. The highest BCUT2D eigenvalue weighted by Gasteiger charge is 2.45. The first-order valence-corrected chi connectivity index (χ1v) is 9.45. The molecule has 1 spiro atoms. The van der Waals surface area contributed by atoms with Gasteiger partial charge in [-0.15, -0.1) is 5.10 Å². The Morgan fingerprint density at radius 3 is 2.89 bits per heavy atom. The van der Waals surface area contributed by atoms with Gasteiger partial charge in [-0.3, -0.25) is 4.79 Å². The maximum atomic E-state index is 12.7. The molecule has 1 amide bonds. The van der Waals surface area contributed by atoms with E-state index >= 15 is 0 Å². The molecular weight excluding hydrogens is 344 g/mol. The van der Waals surface area contributed by atoms with E-state index in [0.29, 0.717) is 11.3 Å². The lowest BCUT2D eigenvalue weighted by molar-refractivity contribution is -0.133. The Bertz CT molecular complexity index is 979. The van der Waals surface area contributed by atoms with Crippen molar-refractivity contribution in [3.8, 4) is 11.5 Å². The van der Waals surface area contributed by atoms with Crippen LogP contribution in [0.25, 0.3) is 22.5 Å². The molecule has 1 saturated heterocycles. The van der Waals surface area contributed by atoms with Crippen LogP contribution in [0, 0.1) is 5.41 Å². The summed E-state index contributed by atoms with van der Waals surface area (Å²) in [6, 6.07) is 3.65. The molecule has 0 unspecified atom stereocenters. The number of likely N-dealkylation sites (tertiary alicyclic amines) is 1. The molecule has 3 aromatic rings. The molecule has 140 valence electrons. The van der Waals surface area contributed by atoms with Crippen LogP contribution in [0.5, 0.6) is 0 Å². The normalized spacial score (nSPS) is 19.4. The second kappa shape index (κ2) is 6.07. The topological polar surface area (TPSA) is 99.9 Å². The van der Waals surface area contributed by atoms with Crippen molar-refractivity contribution in [2.24, 2.45) is 5.41 Å². The Balaban J connectivity index is 1.27. The van der Waals surface area contributed by atoms with E-state index in [1.807, 2.05) is 24.0 Å². The molecule has 8 heteroatoms. The molecule has 1 aliphatic heterocycles. The van der Waals surface area contributed by atoms with Gasteiger partial charge in [0, 0.05) is 30.9 Å². The number of fused-ring (bicyclic) bond motifs is 1. The lowest BCUT2D eigenvalue weighted by Gasteiger charge is -2.33. The Morgan fingerprint density at radius 1 is 1.30 bits per heavy atom. The SMILES string of the molecule is C[C@H](Nc1nnc(-c2c[nH]c3ncccc23)o1)C(=O)N1CCC2(CC1)CC2. The summed E-state index contributed by atoms with van der Waals surface area (Å²) in [6.45, 7) is 3.54. The van der Waals surface area contributed by atoms with Crippen LogP contribution in [-0.2, 0) is 4.79 Å². The number of H-pyrrole nitrogens is 1. The van der Waals surface area contributed by atoms with E-state index in [-0.39, 0.29) is 11.9 Å². The Labute approximate surface area is 156 Å². The number of carbonyl (C=O) groups is 1. The number of amides is 1. The predicted molar refractivity (Wildman–Crippen MR) is 100.0 cm³/mol. The summed E-state index contributed by atoms with van der Waals surface area (Å²) in [4.78, 5) is 22.0. The van der Waals surface area contributed by atoms with E-state index in [0.717, 1.165) is 42.5 Å². The number of rotatable bonds is 4. The fraction of sp³-hybridized carbons (Fsp3) is 0.474. The van der Waals surface area contributed by atoms with E-state index in [2.05, 4.69) is 25.5 Å². The molecule has 2 aliphatic rings. The standard InChI is InChI=1S/C19H22N6O2/c1-12(17(26)25-9-6-19(4-5-19)7-10-25)22-18-24-23-16(27-18)14-11-21-15-13(14)3-2-8-20-15/h2-3,8,11-12H,4-7,9-10H2,1H3,(H,20,21)(H,22,24)/t12-/m0/s1. The van der Waals surface area contributed by atoms with Crippen LogP contribution in [0.2, 0.25) is 0 Å². The van der Waals surface area contributed by atoms with Crippen molar-refractivity contribution < 1.29 is 9.21 Å². The van der Waals surface area contributed by atoms with Gasteiger partial charge in [-0.25, -0.2) is 4.98 Å². The summed E-state index contributed by atoms with van der Waals surface area (Å²) in [5.74, 6) is 0.478. The first kappa shape index (κ1) is 16.3. The molecule has 8 nitrogen and oxygen atoms in total. The number of nitrogens with zero attached hydrogens (tertiary/aromatic N) is 4. The number of pyridine rings is 1. The quantitative estimate of drug-likeness (QED) is 0.736. The zero-order valence-electron chi connectivity index (χ0n) is 15.2. The molecule has 27 heavy (non-hydrogen) atoms. The number of aromatic nitrogens is 4. The van der Waals surface area contributed by atoms with Crippen molar-refractivity contribution in [1.29, 1.82) is 0 Å². The van der Waals surface area contributed by atoms with Crippen molar-refractivity contribution in [3.63, 3.8) is 0 Å². The van der Waals surface area contributed by atoms with Crippen molar-refractivity contribution in [1.82, 2.24) is 25.1 Å². The van der Waals surface area contributed by atoms with Gasteiger partial charge < -0.3 is 19.6 Å². The van der Waals surface area contributed by atoms with Crippen LogP contribution >= 0.6 is 0 Å². The van der Waals surface area contributed by atoms with E-state index in [1.165, 1.54) is 12.8 Å². The predicted octanol–water partition coefficient (Wildman–Crippen LogP) is 2.82. The van der Waals surface area contributed by atoms with Gasteiger partial charge >= 0.3 is 6.01 Å². The maximum absolute atomic E-state index is 12.7. The van der Waals surface area contributed by atoms with Gasteiger partial charge in [-0.1, -0.05) is 5.10 Å². The molecule has 3 aromatic heterocycles. The lowest BCUT2D eigenvalue weighted by atomic mass is 9.93. The summed E-state index contributed by atoms with van der Waals surface area (Å²) in [6.07, 6.45) is 8.44. The molecule has 2 N–H and O–H groups in total. The lowest BCUT2D eigenvalue weighted by Crippen LogP contribution is -2.45. The third-order valence-electron chi connectivity index (χ3n) is 5.91. The number of anilines is 1. The van der Waals surface area contributed by atoms with Crippen LogP contribution in [0.15, 0.2) is 28.9 Å². The summed E-state index contributed by atoms with van der Waals surface area (Å²) in [5, 5.41) is 12.1. The number of nitrogens with one attached hydrogen (secondary N) is 2. The van der Waals surface area contributed by atoms with Crippen molar-refractivity contribution in [2.75, 3.05) is 18.4 Å². The molecule has 0 aromatic carbocycles. The smallest absolute Gasteiger partial charge is 0.316 e. The van der Waals surface area contributed by atoms with Crippen LogP contribution in [0.1, 0.15) is 32.6 Å². The van der Waals surface area contributed by atoms with E-state index in [1.54, 1.807) is 12.4 Å². The highest BCUT2D eigenvalue weighted by atomic mass is 16.4. The van der Waals surface area contributed by atoms with Crippen molar-refractivity contribution >= 4 is 23.0 Å². The summed E-state index contributed by atoms with van der Waals surface area (Å²) >= 11 is 0. The Kier molecular flexibility index (Phi) is 3.66. The van der Waals surface area contributed by atoms with Gasteiger partial charge in [-0.05, 0) is 50.2 Å². The largest absolute Gasteiger partial charge is 0.403 e. The first-order chi connectivity index (χ1) is 13.1. The molecular formula is C19H22N6O2. The third kappa shape index (κ3) is 2.94. The molecule has 1 saturated carbocycles. The van der Waals surface area contributed by atoms with Gasteiger partial charge in [0.1, 0.15) is 11.7 Å². The van der Waals surface area contributed by atoms with Gasteiger partial charge in [-0.2, -0.15) is 0 Å². The molecule has 0 bridgehead atoms. The molecule has 4 heterocycles. The second-order valence-corrected chi connectivity index (χ2v) is 7.71. The van der Waals surface area contributed by atoms with Gasteiger partial charge in [0.25, 0.3) is 5.89 Å². The fourth-order valence-corrected chi connectivity index (χ4v) is 3.92. The summed E-state index contributed by atoms with van der Waals surface area (Å²) in [5.41, 5.74) is 2.12. The van der Waals surface area contributed by atoms with Crippen LogP contribution in [0.3, 0.4) is 0 Å². The number of carbonyl (C=O) groups excluding carboxylic acids is 1. The highest BCUT2D eigenvalue weighted by molar-refractivity contribution is 5.91. The first-order valence-electron chi connectivity index (χ1n) is 9.45. The monoisotopic (exact) mass is 366 g/mol. The van der Waals surface area contributed by atoms with Crippen LogP contribution < -0.4 is 5.32 Å². The summed E-state index contributed by atoms with van der Waals surface area (Å²) in [7, 11) is 0. The van der Waals surface area contributed by atoms with Crippen LogP contribution in [0.4, 0.5) is 6.01 Å². The van der Waals surface area contributed by atoms with Crippen molar-refractivity contribution in [3.05, 3.63) is 24.5 Å². The van der Waals surface area contributed by atoms with Gasteiger partial charge in [0.15, 0.2) is 0 Å². The number of aromatic amines is 1. The van der Waals surface area contributed by atoms with E-state index in [9.17, 15) is 4.79 Å². The second-order valence-electron chi connectivity index (χ2n) is 7.71. The average Bonchev–Trinajstić information content (AvgIpc) is 3.09. The Hall–Kier alpha value is -2.90. The molecule has 5 rings (SSSR count). The minimum atomic E-state index is -0.406. The Morgan fingerprint density at radius 2 is 2.11 bits per heavy atom. The highest BCUT2D eigenvalue weighted by Crippen LogP contribution is 2.53. The fourth-order valence-electron chi connectivity index (χ4n) is 3.92. The van der Waals surface area contributed by atoms with Gasteiger partial charge in [0.05, 0.1) is 5.56 Å². The molecule has 0 radical (unpaired) electrons. The van der Waals surface area contributed by atoms with Crippen molar-refractivity contribution in [2.45, 2.75) is 38.6 Å². The van der Waals surface area contributed by atoms with Gasteiger partial charge in [0.2, 0.25) is 5.91 Å². The number of hydrogen-bond donors (Lipinski definition) is 2. The number of piperidine rings is 1. The minimum absolute atomic E-state index is 0.0848. The molecule has 1 atom stereocenters. The molecule has 1 aliphatic carbocycles. The zero-order valence-corrected chi connectivity index (χ0v) is 15.2. The summed E-state index contributed by atoms with van der Waals surface area (Å²) < 4.78 is 5.74. The minimum Gasteiger partial charge on any atom is -0.403 e. The third-order valence-corrected chi connectivity index (χ3v) is 5.91.